The first-order chi connectivity index (χ1) is 12.6. The van der Waals surface area contributed by atoms with Gasteiger partial charge in [0.05, 0.1) is 0 Å². The van der Waals surface area contributed by atoms with Crippen molar-refractivity contribution in [3.63, 3.8) is 0 Å². The van der Waals surface area contributed by atoms with E-state index in [-0.39, 0.29) is 0 Å². The van der Waals surface area contributed by atoms with E-state index in [4.69, 9.17) is 0 Å². The smallest absolute Gasteiger partial charge is 0.345 e. The lowest BCUT2D eigenvalue weighted by Gasteiger charge is -2.24. The molecule has 0 unspecified atom stereocenters. The number of hydrogen-bond donors (Lipinski definition) is 2. The molecule has 0 spiro atoms. The zero-order valence-electron chi connectivity index (χ0n) is 14.3. The van der Waals surface area contributed by atoms with Gasteiger partial charge in [-0.25, -0.2) is 4.79 Å². The van der Waals surface area contributed by atoms with Crippen molar-refractivity contribution in [1.29, 1.82) is 0 Å². The highest BCUT2D eigenvalue weighted by Gasteiger charge is 2.50. The van der Waals surface area contributed by atoms with Gasteiger partial charge in [0.2, 0.25) is 5.91 Å². The van der Waals surface area contributed by atoms with Gasteiger partial charge in [-0.15, -0.1) is 0 Å². The molecule has 2 N–H and O–H groups in total. The Hall–Kier alpha value is -3.10. The highest BCUT2D eigenvalue weighted by Crippen LogP contribution is 2.33. The quantitative estimate of drug-likeness (QED) is 0.800. The fourth-order valence-electron chi connectivity index (χ4n) is 3.08. The molecule has 1 heterocycles. The minimum Gasteiger partial charge on any atom is -0.345 e. The molecule has 0 aromatic heterocycles. The van der Waals surface area contributed by atoms with Crippen LogP contribution in [0.5, 0.6) is 0 Å². The molecule has 1 aliphatic rings. The van der Waals surface area contributed by atoms with Crippen LogP contribution in [0.3, 0.4) is 0 Å². The summed E-state index contributed by atoms with van der Waals surface area (Å²) in [6, 6.07) is 11.7. The van der Waals surface area contributed by atoms with Crippen LogP contribution in [0.25, 0.3) is 10.8 Å². The predicted molar refractivity (Wildman–Crippen MR) is 90.6 cm³/mol. The summed E-state index contributed by atoms with van der Waals surface area (Å²) in [5.41, 5.74) is -0.889. The first-order valence-electron chi connectivity index (χ1n) is 8.07. The molecular weight excluding hydrogens is 363 g/mol. The number of benzene rings is 2. The number of amides is 4. The number of carbonyl (C=O) groups is 3. The number of alkyl halides is 3. The molecule has 0 radical (unpaired) electrons. The maximum absolute atomic E-state index is 12.9. The van der Waals surface area contributed by atoms with Crippen LogP contribution in [0, 0.1) is 0 Å². The molecule has 4 amide bonds. The third-order valence-electron chi connectivity index (χ3n) is 4.39. The van der Waals surface area contributed by atoms with Crippen molar-refractivity contribution < 1.29 is 27.6 Å². The van der Waals surface area contributed by atoms with E-state index in [0.717, 1.165) is 10.8 Å². The molecule has 1 fully saturated rings. The molecular formula is C18H16F3N3O3. The van der Waals surface area contributed by atoms with Gasteiger partial charge in [-0.3, -0.25) is 14.5 Å². The second kappa shape index (κ2) is 6.57. The predicted octanol–water partition coefficient (Wildman–Crippen LogP) is 2.29. The fourth-order valence-corrected chi connectivity index (χ4v) is 3.08. The van der Waals surface area contributed by atoms with Gasteiger partial charge in [0, 0.05) is 0 Å². The number of nitrogens with one attached hydrogen (secondary N) is 2. The van der Waals surface area contributed by atoms with Gasteiger partial charge in [0.1, 0.15) is 18.6 Å². The Labute approximate surface area is 152 Å². The third-order valence-corrected chi connectivity index (χ3v) is 4.39. The summed E-state index contributed by atoms with van der Waals surface area (Å²) in [5, 5.41) is 5.81. The summed E-state index contributed by atoms with van der Waals surface area (Å²) in [5.74, 6) is -1.77. The van der Waals surface area contributed by atoms with Crippen molar-refractivity contribution in [2.45, 2.75) is 18.6 Å². The molecule has 1 aliphatic heterocycles. The molecule has 0 bridgehead atoms. The first kappa shape index (κ1) is 18.7. The van der Waals surface area contributed by atoms with Crippen LogP contribution in [0.15, 0.2) is 42.5 Å². The lowest BCUT2D eigenvalue weighted by Crippen LogP contribution is -2.44. The van der Waals surface area contributed by atoms with Gasteiger partial charge in [-0.05, 0) is 23.3 Å². The Kier molecular flexibility index (Phi) is 4.54. The van der Waals surface area contributed by atoms with Gasteiger partial charge in [-0.2, -0.15) is 13.2 Å². The van der Waals surface area contributed by atoms with Crippen LogP contribution in [-0.4, -0.2) is 42.0 Å². The molecule has 2 aromatic rings. The van der Waals surface area contributed by atoms with Crippen LogP contribution in [-0.2, 0) is 15.1 Å². The summed E-state index contributed by atoms with van der Waals surface area (Å²) in [6.07, 6.45) is -4.58. The summed E-state index contributed by atoms with van der Waals surface area (Å²) < 4.78 is 36.6. The Morgan fingerprint density at radius 1 is 1.15 bits per heavy atom. The monoisotopic (exact) mass is 379 g/mol. The van der Waals surface area contributed by atoms with Crippen LogP contribution in [0.2, 0.25) is 0 Å². The fraction of sp³-hybridized carbons (Fsp3) is 0.278. The van der Waals surface area contributed by atoms with Crippen molar-refractivity contribution in [3.8, 4) is 0 Å². The van der Waals surface area contributed by atoms with Crippen molar-refractivity contribution >= 4 is 28.6 Å². The Balaban J connectivity index is 1.85. The van der Waals surface area contributed by atoms with Crippen LogP contribution in [0.4, 0.5) is 18.0 Å². The molecule has 1 atom stereocenters. The SMILES string of the molecule is C[C@@]1(c2cccc3ccccc23)NC(=O)N(CC(=O)NCC(F)(F)F)C1=O. The van der Waals surface area contributed by atoms with Crippen LogP contribution in [0.1, 0.15) is 12.5 Å². The summed E-state index contributed by atoms with van der Waals surface area (Å²) in [4.78, 5) is 37.4. The number of rotatable bonds is 4. The second-order valence-corrected chi connectivity index (χ2v) is 6.37. The molecule has 6 nitrogen and oxygen atoms in total. The second-order valence-electron chi connectivity index (χ2n) is 6.37. The minimum atomic E-state index is -4.58. The average Bonchev–Trinajstić information content (AvgIpc) is 2.83. The Morgan fingerprint density at radius 2 is 1.81 bits per heavy atom. The molecule has 3 rings (SSSR count). The van der Waals surface area contributed by atoms with Gasteiger partial charge >= 0.3 is 12.2 Å². The number of fused-ring (bicyclic) bond motifs is 1. The van der Waals surface area contributed by atoms with E-state index in [1.165, 1.54) is 6.92 Å². The minimum absolute atomic E-state index is 0.539. The molecule has 9 heteroatoms. The van der Waals surface area contributed by atoms with Crippen LogP contribution >= 0.6 is 0 Å². The molecule has 0 aliphatic carbocycles. The van der Waals surface area contributed by atoms with Crippen molar-refractivity contribution in [1.82, 2.24) is 15.5 Å². The molecule has 2 aromatic carbocycles. The van der Waals surface area contributed by atoms with E-state index in [0.29, 0.717) is 10.5 Å². The van der Waals surface area contributed by atoms with Gasteiger partial charge in [0.15, 0.2) is 0 Å². The largest absolute Gasteiger partial charge is 0.405 e. The lowest BCUT2D eigenvalue weighted by molar-refractivity contribution is -0.141. The highest BCUT2D eigenvalue weighted by atomic mass is 19.4. The standard InChI is InChI=1S/C18H16F3N3O3/c1-17(13-8-4-6-11-5-2-3-7-12(11)13)15(26)24(16(27)23-17)9-14(25)22-10-18(19,20)21/h2-8H,9-10H2,1H3,(H,22,25)(H,23,27)/t17-/m0/s1. The topological polar surface area (TPSA) is 78.5 Å². The molecule has 0 saturated carbocycles. The maximum atomic E-state index is 12.9. The summed E-state index contributed by atoms with van der Waals surface area (Å²) in [7, 11) is 0. The zero-order valence-corrected chi connectivity index (χ0v) is 14.3. The highest BCUT2D eigenvalue weighted by molar-refractivity contribution is 6.10. The number of nitrogens with zero attached hydrogens (tertiary/aromatic N) is 1. The number of urea groups is 1. The van der Waals surface area contributed by atoms with Gasteiger partial charge < -0.3 is 10.6 Å². The van der Waals surface area contributed by atoms with E-state index in [9.17, 15) is 27.6 Å². The maximum Gasteiger partial charge on any atom is 0.405 e. The molecule has 1 saturated heterocycles. The van der Waals surface area contributed by atoms with Crippen LogP contribution < -0.4 is 10.6 Å². The van der Waals surface area contributed by atoms with E-state index >= 15 is 0 Å². The van der Waals surface area contributed by atoms with Crippen molar-refractivity contribution in [2.75, 3.05) is 13.1 Å². The summed E-state index contributed by atoms with van der Waals surface area (Å²) >= 11 is 0. The average molecular weight is 379 g/mol. The Bertz CT molecular complexity index is 923. The number of hydrogen-bond acceptors (Lipinski definition) is 3. The van der Waals surface area contributed by atoms with E-state index < -0.39 is 42.7 Å². The van der Waals surface area contributed by atoms with Gasteiger partial charge in [0.25, 0.3) is 5.91 Å². The summed E-state index contributed by atoms with van der Waals surface area (Å²) in [6.45, 7) is -0.820. The molecule has 142 valence electrons. The van der Waals surface area contributed by atoms with E-state index in [1.54, 1.807) is 29.6 Å². The van der Waals surface area contributed by atoms with E-state index in [2.05, 4.69) is 5.32 Å². The first-order valence-corrected chi connectivity index (χ1v) is 8.07. The zero-order chi connectivity index (χ0) is 19.8. The normalized spacial score (nSPS) is 20.1. The lowest BCUT2D eigenvalue weighted by atomic mass is 9.88. The van der Waals surface area contributed by atoms with Crippen molar-refractivity contribution in [2.24, 2.45) is 0 Å². The number of carbonyl (C=O) groups excluding carboxylic acids is 3. The van der Waals surface area contributed by atoms with E-state index in [1.807, 2.05) is 18.2 Å². The van der Waals surface area contributed by atoms with Crippen molar-refractivity contribution in [3.05, 3.63) is 48.0 Å². The molecule has 27 heavy (non-hydrogen) atoms. The Morgan fingerprint density at radius 3 is 2.52 bits per heavy atom. The number of imide groups is 1. The number of halogens is 3. The van der Waals surface area contributed by atoms with Gasteiger partial charge in [-0.1, -0.05) is 42.5 Å². The third kappa shape index (κ3) is 3.57.